The Balaban J connectivity index is 2.88. The molecular formula is C10H13IN2O2. The molecule has 0 saturated carbocycles. The van der Waals surface area contributed by atoms with Crippen molar-refractivity contribution in [3.8, 4) is 0 Å². The number of rotatable bonds is 5. The van der Waals surface area contributed by atoms with Gasteiger partial charge in [0.1, 0.15) is 12.4 Å². The van der Waals surface area contributed by atoms with Crippen molar-refractivity contribution in [2.45, 2.75) is 13.3 Å². The zero-order valence-corrected chi connectivity index (χ0v) is 10.6. The minimum Gasteiger partial charge on any atom is -0.480 e. The van der Waals surface area contributed by atoms with Gasteiger partial charge in [-0.05, 0) is 41.1 Å². The minimum absolute atomic E-state index is 0.000848. The van der Waals surface area contributed by atoms with Crippen LogP contribution >= 0.6 is 22.6 Å². The quantitative estimate of drug-likeness (QED) is 0.843. The van der Waals surface area contributed by atoms with Crippen molar-refractivity contribution in [1.29, 1.82) is 0 Å². The van der Waals surface area contributed by atoms with E-state index in [1.54, 1.807) is 11.1 Å². The molecule has 0 aliphatic heterocycles. The van der Waals surface area contributed by atoms with Crippen LogP contribution in [0, 0.1) is 3.57 Å². The van der Waals surface area contributed by atoms with Gasteiger partial charge >= 0.3 is 5.97 Å². The first-order valence-electron chi connectivity index (χ1n) is 4.72. The fraction of sp³-hybridized carbons (Fsp3) is 0.400. The van der Waals surface area contributed by atoms with Crippen molar-refractivity contribution in [2.24, 2.45) is 0 Å². The molecule has 1 heterocycles. The molecule has 1 aromatic rings. The second-order valence-corrected chi connectivity index (χ2v) is 4.29. The lowest BCUT2D eigenvalue weighted by Gasteiger charge is -2.21. The zero-order valence-electron chi connectivity index (χ0n) is 8.48. The van der Waals surface area contributed by atoms with Crippen LogP contribution in [0.3, 0.4) is 0 Å². The van der Waals surface area contributed by atoms with Crippen LogP contribution in [0.1, 0.15) is 13.3 Å². The number of aromatic nitrogens is 1. The lowest BCUT2D eigenvalue weighted by Crippen LogP contribution is -2.31. The lowest BCUT2D eigenvalue weighted by atomic mass is 10.3. The van der Waals surface area contributed by atoms with E-state index in [1.165, 1.54) is 0 Å². The van der Waals surface area contributed by atoms with Crippen molar-refractivity contribution < 1.29 is 9.90 Å². The molecule has 15 heavy (non-hydrogen) atoms. The van der Waals surface area contributed by atoms with E-state index in [0.29, 0.717) is 6.54 Å². The number of anilines is 1. The molecule has 0 fully saturated rings. The summed E-state index contributed by atoms with van der Waals surface area (Å²) in [5.74, 6) is -0.0766. The Bertz CT molecular complexity index is 344. The first kappa shape index (κ1) is 12.2. The highest BCUT2D eigenvalue weighted by Gasteiger charge is 2.13. The van der Waals surface area contributed by atoms with Crippen molar-refractivity contribution in [3.63, 3.8) is 0 Å². The number of halogens is 1. The molecule has 5 heteroatoms. The highest BCUT2D eigenvalue weighted by Crippen LogP contribution is 2.18. The highest BCUT2D eigenvalue weighted by atomic mass is 127. The van der Waals surface area contributed by atoms with Gasteiger partial charge in [-0.2, -0.15) is 0 Å². The summed E-state index contributed by atoms with van der Waals surface area (Å²) in [6, 6.07) is 3.77. The maximum atomic E-state index is 10.7. The highest BCUT2D eigenvalue weighted by molar-refractivity contribution is 14.1. The molecule has 0 spiro atoms. The number of aliphatic carboxylic acids is 1. The normalized spacial score (nSPS) is 10.0. The molecular weight excluding hydrogens is 307 g/mol. The first-order chi connectivity index (χ1) is 7.15. The third-order valence-electron chi connectivity index (χ3n) is 1.86. The summed E-state index contributed by atoms with van der Waals surface area (Å²) in [7, 11) is 0. The van der Waals surface area contributed by atoms with E-state index in [-0.39, 0.29) is 6.54 Å². The summed E-state index contributed by atoms with van der Waals surface area (Å²) >= 11 is 2.16. The molecule has 0 saturated heterocycles. The predicted octanol–water partition coefficient (Wildman–Crippen LogP) is 1.99. The summed E-state index contributed by atoms with van der Waals surface area (Å²) in [6.45, 7) is 2.73. The Hall–Kier alpha value is -0.850. The molecule has 0 aliphatic carbocycles. The predicted molar refractivity (Wildman–Crippen MR) is 67.1 cm³/mol. The third kappa shape index (κ3) is 3.65. The van der Waals surface area contributed by atoms with Gasteiger partial charge in [0.15, 0.2) is 0 Å². The summed E-state index contributed by atoms with van der Waals surface area (Å²) in [4.78, 5) is 16.7. The van der Waals surface area contributed by atoms with Crippen molar-refractivity contribution >= 4 is 34.4 Å². The summed E-state index contributed by atoms with van der Waals surface area (Å²) in [5.41, 5.74) is 0. The number of hydrogen-bond donors (Lipinski definition) is 1. The second-order valence-electron chi connectivity index (χ2n) is 3.12. The molecule has 0 bridgehead atoms. The molecule has 0 aliphatic rings. The molecule has 82 valence electrons. The van der Waals surface area contributed by atoms with Gasteiger partial charge in [-0.15, -0.1) is 0 Å². The average Bonchev–Trinajstić information content (AvgIpc) is 2.17. The van der Waals surface area contributed by atoms with Crippen molar-refractivity contribution in [1.82, 2.24) is 4.98 Å². The van der Waals surface area contributed by atoms with Crippen LogP contribution < -0.4 is 4.90 Å². The van der Waals surface area contributed by atoms with Gasteiger partial charge in [0, 0.05) is 12.7 Å². The van der Waals surface area contributed by atoms with Gasteiger partial charge in [0.05, 0.1) is 3.57 Å². The van der Waals surface area contributed by atoms with Crippen LogP contribution in [0.25, 0.3) is 0 Å². The Kier molecular flexibility index (Phi) is 4.80. The molecule has 0 unspecified atom stereocenters. The number of carboxylic acids is 1. The number of carbonyl (C=O) groups is 1. The maximum absolute atomic E-state index is 10.7. The average molecular weight is 320 g/mol. The monoisotopic (exact) mass is 320 g/mol. The maximum Gasteiger partial charge on any atom is 0.323 e. The van der Waals surface area contributed by atoms with E-state index in [1.807, 2.05) is 19.1 Å². The topological polar surface area (TPSA) is 53.4 Å². The fourth-order valence-electron chi connectivity index (χ4n) is 1.30. The largest absolute Gasteiger partial charge is 0.480 e. The summed E-state index contributed by atoms with van der Waals surface area (Å²) in [6.07, 6.45) is 2.59. The number of pyridine rings is 1. The van der Waals surface area contributed by atoms with Crippen molar-refractivity contribution in [3.05, 3.63) is 21.9 Å². The van der Waals surface area contributed by atoms with Gasteiger partial charge in [0.2, 0.25) is 0 Å². The van der Waals surface area contributed by atoms with Crippen LogP contribution in [0.5, 0.6) is 0 Å². The summed E-state index contributed by atoms with van der Waals surface area (Å²) in [5, 5.41) is 8.79. The van der Waals surface area contributed by atoms with Crippen LogP contribution in [0.2, 0.25) is 0 Å². The van der Waals surface area contributed by atoms with Crippen LogP contribution in [-0.2, 0) is 4.79 Å². The fourth-order valence-corrected chi connectivity index (χ4v) is 1.99. The number of carboxylic acid groups (broad SMARTS) is 1. The molecule has 1 aromatic heterocycles. The number of nitrogens with zero attached hydrogens (tertiary/aromatic N) is 2. The van der Waals surface area contributed by atoms with Gasteiger partial charge in [-0.25, -0.2) is 4.98 Å². The Morgan fingerprint density at radius 3 is 2.93 bits per heavy atom. The van der Waals surface area contributed by atoms with E-state index in [2.05, 4.69) is 27.6 Å². The minimum atomic E-state index is -0.829. The Morgan fingerprint density at radius 1 is 1.67 bits per heavy atom. The number of hydrogen-bond acceptors (Lipinski definition) is 3. The first-order valence-corrected chi connectivity index (χ1v) is 5.80. The molecule has 4 nitrogen and oxygen atoms in total. The van der Waals surface area contributed by atoms with Crippen LogP contribution in [0.15, 0.2) is 18.3 Å². The van der Waals surface area contributed by atoms with E-state index in [0.717, 1.165) is 15.8 Å². The van der Waals surface area contributed by atoms with Gasteiger partial charge in [0.25, 0.3) is 0 Å². The van der Waals surface area contributed by atoms with Crippen molar-refractivity contribution in [2.75, 3.05) is 18.0 Å². The zero-order chi connectivity index (χ0) is 11.3. The molecule has 0 atom stereocenters. The van der Waals surface area contributed by atoms with E-state index >= 15 is 0 Å². The SMILES string of the molecule is CCCN(CC(=O)O)c1ncccc1I. The second kappa shape index (κ2) is 5.89. The third-order valence-corrected chi connectivity index (χ3v) is 2.70. The smallest absolute Gasteiger partial charge is 0.323 e. The molecule has 1 rings (SSSR count). The molecule has 1 N–H and O–H groups in total. The lowest BCUT2D eigenvalue weighted by molar-refractivity contribution is -0.135. The molecule has 0 amide bonds. The Morgan fingerprint density at radius 2 is 2.40 bits per heavy atom. The van der Waals surface area contributed by atoms with E-state index < -0.39 is 5.97 Å². The van der Waals surface area contributed by atoms with Crippen LogP contribution in [0.4, 0.5) is 5.82 Å². The molecule has 0 aromatic carbocycles. The van der Waals surface area contributed by atoms with Crippen LogP contribution in [-0.4, -0.2) is 29.1 Å². The van der Waals surface area contributed by atoms with E-state index in [4.69, 9.17) is 5.11 Å². The standard InChI is InChI=1S/C10H13IN2O2/c1-2-6-13(7-9(14)15)10-8(11)4-3-5-12-10/h3-5H,2,6-7H2,1H3,(H,14,15). The van der Waals surface area contributed by atoms with Gasteiger partial charge in [-0.3, -0.25) is 4.79 Å². The van der Waals surface area contributed by atoms with E-state index in [9.17, 15) is 4.79 Å². The molecule has 0 radical (unpaired) electrons. The Labute approximate surface area is 102 Å². The summed E-state index contributed by atoms with van der Waals surface area (Å²) < 4.78 is 0.977. The van der Waals surface area contributed by atoms with Gasteiger partial charge in [-0.1, -0.05) is 6.92 Å². The van der Waals surface area contributed by atoms with Gasteiger partial charge < -0.3 is 10.0 Å².